The Kier molecular flexibility index (Phi) is 3.61. The van der Waals surface area contributed by atoms with Crippen LogP contribution in [-0.4, -0.2) is 37.1 Å². The van der Waals surface area contributed by atoms with E-state index in [2.05, 4.69) is 20.5 Å². The summed E-state index contributed by atoms with van der Waals surface area (Å²) in [5.41, 5.74) is -0.929. The van der Waals surface area contributed by atoms with E-state index in [1.807, 2.05) is 0 Å². The van der Waals surface area contributed by atoms with Gasteiger partial charge in [-0.1, -0.05) is 0 Å². The van der Waals surface area contributed by atoms with Crippen molar-refractivity contribution in [3.8, 4) is 0 Å². The number of nitro benzene ring substituents is 1. The van der Waals surface area contributed by atoms with E-state index < -0.39 is 22.5 Å². The molecule has 0 atom stereocenters. The number of anilines is 1. The standard InChI is InChI=1S/C11H9N5O5/c1-5-12-9(15-14-5)10(17)13-7-3-2-6(11(18)19)4-8(7)16(20)21/h2-4H,1H3,(H,13,17)(H,18,19)(H,12,14,15). The lowest BCUT2D eigenvalue weighted by atomic mass is 10.1. The Bertz CT molecular complexity index is 738. The summed E-state index contributed by atoms with van der Waals surface area (Å²) < 4.78 is 0. The van der Waals surface area contributed by atoms with Gasteiger partial charge in [-0.25, -0.2) is 9.78 Å². The first-order valence-corrected chi connectivity index (χ1v) is 5.60. The number of rotatable bonds is 4. The lowest BCUT2D eigenvalue weighted by molar-refractivity contribution is -0.383. The number of nitrogens with zero attached hydrogens (tertiary/aromatic N) is 3. The van der Waals surface area contributed by atoms with Crippen molar-refractivity contribution in [3.05, 3.63) is 45.5 Å². The van der Waals surface area contributed by atoms with Crippen LogP contribution in [0.2, 0.25) is 0 Å². The number of carboxylic acid groups (broad SMARTS) is 1. The molecule has 0 spiro atoms. The van der Waals surface area contributed by atoms with E-state index in [1.165, 1.54) is 0 Å². The number of amides is 1. The van der Waals surface area contributed by atoms with E-state index in [1.54, 1.807) is 6.92 Å². The predicted octanol–water partition coefficient (Wildman–Crippen LogP) is 0.972. The van der Waals surface area contributed by atoms with E-state index in [0.29, 0.717) is 5.82 Å². The third kappa shape index (κ3) is 3.00. The summed E-state index contributed by atoms with van der Waals surface area (Å²) in [6.45, 7) is 1.59. The molecule has 2 aromatic rings. The SMILES string of the molecule is Cc1nc(C(=O)Nc2ccc(C(=O)O)cc2[N+](=O)[O-])n[nH]1. The van der Waals surface area contributed by atoms with Gasteiger partial charge in [0.1, 0.15) is 11.5 Å². The fraction of sp³-hybridized carbons (Fsp3) is 0.0909. The Morgan fingerprint density at radius 2 is 2.14 bits per heavy atom. The molecule has 10 heteroatoms. The van der Waals surface area contributed by atoms with E-state index in [9.17, 15) is 19.7 Å². The minimum absolute atomic E-state index is 0.141. The summed E-state index contributed by atoms with van der Waals surface area (Å²) >= 11 is 0. The fourth-order valence-corrected chi connectivity index (χ4v) is 1.54. The second-order valence-corrected chi connectivity index (χ2v) is 3.99. The molecule has 0 aliphatic heterocycles. The van der Waals surface area contributed by atoms with Crippen LogP contribution in [0.25, 0.3) is 0 Å². The van der Waals surface area contributed by atoms with Crippen molar-refractivity contribution in [2.45, 2.75) is 6.92 Å². The molecule has 0 unspecified atom stereocenters. The molecule has 1 aromatic heterocycles. The highest BCUT2D eigenvalue weighted by molar-refractivity contribution is 6.03. The van der Waals surface area contributed by atoms with Crippen LogP contribution in [-0.2, 0) is 0 Å². The molecule has 0 aliphatic rings. The number of benzene rings is 1. The molecule has 0 radical (unpaired) electrons. The van der Waals surface area contributed by atoms with Gasteiger partial charge in [-0.05, 0) is 19.1 Å². The van der Waals surface area contributed by atoms with Crippen LogP contribution in [0, 0.1) is 17.0 Å². The average Bonchev–Trinajstić information content (AvgIpc) is 2.85. The zero-order chi connectivity index (χ0) is 15.6. The molecular formula is C11H9N5O5. The molecular weight excluding hydrogens is 282 g/mol. The van der Waals surface area contributed by atoms with Crippen LogP contribution in [0.1, 0.15) is 26.8 Å². The van der Waals surface area contributed by atoms with Gasteiger partial charge in [-0.3, -0.25) is 20.0 Å². The number of carboxylic acids is 1. The summed E-state index contributed by atoms with van der Waals surface area (Å²) in [4.78, 5) is 36.6. The first kappa shape index (κ1) is 14.1. The second-order valence-electron chi connectivity index (χ2n) is 3.99. The highest BCUT2D eigenvalue weighted by Crippen LogP contribution is 2.25. The topological polar surface area (TPSA) is 151 Å². The summed E-state index contributed by atoms with van der Waals surface area (Å²) in [6.07, 6.45) is 0. The summed E-state index contributed by atoms with van der Waals surface area (Å²) in [7, 11) is 0. The molecule has 0 aliphatic carbocycles. The number of hydrogen-bond acceptors (Lipinski definition) is 6. The monoisotopic (exact) mass is 291 g/mol. The minimum Gasteiger partial charge on any atom is -0.478 e. The number of hydrogen-bond donors (Lipinski definition) is 3. The van der Waals surface area contributed by atoms with Crippen LogP contribution in [0.3, 0.4) is 0 Å². The molecule has 0 saturated carbocycles. The van der Waals surface area contributed by atoms with Crippen LogP contribution in [0.15, 0.2) is 18.2 Å². The first-order valence-electron chi connectivity index (χ1n) is 5.60. The number of carbonyl (C=O) groups is 2. The summed E-state index contributed by atoms with van der Waals surface area (Å²) in [5, 5.41) is 28.1. The average molecular weight is 291 g/mol. The number of carbonyl (C=O) groups excluding carboxylic acids is 1. The van der Waals surface area contributed by atoms with Crippen molar-refractivity contribution in [2.24, 2.45) is 0 Å². The van der Waals surface area contributed by atoms with Crippen LogP contribution < -0.4 is 5.32 Å². The van der Waals surface area contributed by atoms with Gasteiger partial charge in [-0.15, -0.1) is 5.10 Å². The highest BCUT2D eigenvalue weighted by atomic mass is 16.6. The van der Waals surface area contributed by atoms with Crippen LogP contribution in [0.4, 0.5) is 11.4 Å². The number of nitro groups is 1. The molecule has 1 heterocycles. The van der Waals surface area contributed by atoms with Crippen molar-refractivity contribution in [3.63, 3.8) is 0 Å². The number of H-pyrrole nitrogens is 1. The van der Waals surface area contributed by atoms with Crippen molar-refractivity contribution in [1.29, 1.82) is 0 Å². The third-order valence-electron chi connectivity index (χ3n) is 2.49. The molecule has 10 nitrogen and oxygen atoms in total. The maximum Gasteiger partial charge on any atom is 0.335 e. The largest absolute Gasteiger partial charge is 0.478 e. The van der Waals surface area contributed by atoms with Gasteiger partial charge in [0.25, 0.3) is 11.6 Å². The van der Waals surface area contributed by atoms with Crippen LogP contribution >= 0.6 is 0 Å². The van der Waals surface area contributed by atoms with E-state index in [4.69, 9.17) is 5.11 Å². The van der Waals surface area contributed by atoms with Crippen LogP contribution in [0.5, 0.6) is 0 Å². The van der Waals surface area contributed by atoms with Crippen molar-refractivity contribution < 1.29 is 19.6 Å². The van der Waals surface area contributed by atoms with Gasteiger partial charge < -0.3 is 10.4 Å². The molecule has 1 amide bonds. The number of aromatic amines is 1. The molecule has 3 N–H and O–H groups in total. The number of aromatic carboxylic acids is 1. The minimum atomic E-state index is -1.31. The first-order chi connectivity index (χ1) is 9.88. The summed E-state index contributed by atoms with van der Waals surface area (Å²) in [6, 6.07) is 3.15. The molecule has 0 bridgehead atoms. The maximum absolute atomic E-state index is 11.8. The molecule has 1 aromatic carbocycles. The Labute approximate surface area is 117 Å². The molecule has 0 fully saturated rings. The number of nitrogens with one attached hydrogen (secondary N) is 2. The quantitative estimate of drug-likeness (QED) is 0.560. The highest BCUT2D eigenvalue weighted by Gasteiger charge is 2.20. The zero-order valence-corrected chi connectivity index (χ0v) is 10.7. The van der Waals surface area contributed by atoms with Crippen molar-refractivity contribution in [2.75, 3.05) is 5.32 Å². The van der Waals surface area contributed by atoms with Crippen molar-refractivity contribution >= 4 is 23.3 Å². The van der Waals surface area contributed by atoms with E-state index >= 15 is 0 Å². The summed E-state index contributed by atoms with van der Waals surface area (Å²) in [5.74, 6) is -1.81. The Hall–Kier alpha value is -3.30. The molecule has 2 rings (SSSR count). The van der Waals surface area contributed by atoms with Gasteiger partial charge in [-0.2, -0.15) is 0 Å². The zero-order valence-electron chi connectivity index (χ0n) is 10.7. The lowest BCUT2D eigenvalue weighted by Crippen LogP contribution is -2.15. The normalized spacial score (nSPS) is 10.1. The smallest absolute Gasteiger partial charge is 0.335 e. The van der Waals surface area contributed by atoms with Crippen molar-refractivity contribution in [1.82, 2.24) is 15.2 Å². The Balaban J connectivity index is 2.33. The predicted molar refractivity (Wildman–Crippen MR) is 69.1 cm³/mol. The Morgan fingerprint density at radius 3 is 2.67 bits per heavy atom. The number of aromatic nitrogens is 3. The van der Waals surface area contributed by atoms with Gasteiger partial charge in [0.2, 0.25) is 5.82 Å². The maximum atomic E-state index is 11.8. The van der Waals surface area contributed by atoms with E-state index in [0.717, 1.165) is 18.2 Å². The second kappa shape index (κ2) is 5.36. The number of aryl methyl sites for hydroxylation is 1. The lowest BCUT2D eigenvalue weighted by Gasteiger charge is -2.04. The van der Waals surface area contributed by atoms with Gasteiger partial charge >= 0.3 is 5.97 Å². The van der Waals surface area contributed by atoms with Gasteiger partial charge in [0.05, 0.1) is 10.5 Å². The molecule has 108 valence electrons. The molecule has 21 heavy (non-hydrogen) atoms. The third-order valence-corrected chi connectivity index (χ3v) is 2.49. The van der Waals surface area contributed by atoms with Gasteiger partial charge in [0.15, 0.2) is 0 Å². The Morgan fingerprint density at radius 1 is 1.43 bits per heavy atom. The molecule has 0 saturated heterocycles. The van der Waals surface area contributed by atoms with E-state index in [-0.39, 0.29) is 17.1 Å². The fourth-order valence-electron chi connectivity index (χ4n) is 1.54. The van der Waals surface area contributed by atoms with Gasteiger partial charge in [0, 0.05) is 6.07 Å².